The number of ether oxygens (including phenoxy) is 1. The highest BCUT2D eigenvalue weighted by Gasteiger charge is 2.31. The van der Waals surface area contributed by atoms with Crippen molar-refractivity contribution in [1.29, 1.82) is 0 Å². The van der Waals surface area contributed by atoms with Crippen molar-refractivity contribution in [2.45, 2.75) is 19.3 Å². The highest BCUT2D eigenvalue weighted by Crippen LogP contribution is 2.28. The quantitative estimate of drug-likeness (QED) is 0.916. The molecule has 2 aliphatic rings. The van der Waals surface area contributed by atoms with Gasteiger partial charge in [-0.05, 0) is 56.0 Å². The zero-order chi connectivity index (χ0) is 16.2. The predicted molar refractivity (Wildman–Crippen MR) is 87.2 cm³/mol. The smallest absolute Gasteiger partial charge is 0.225 e. The number of amides is 1. The van der Waals surface area contributed by atoms with E-state index in [1.165, 1.54) is 18.2 Å². The number of carbonyl (C=O) groups is 1. The molecule has 1 N–H and O–H groups in total. The summed E-state index contributed by atoms with van der Waals surface area (Å²) < 4.78 is 18.5. The van der Waals surface area contributed by atoms with E-state index >= 15 is 0 Å². The molecule has 126 valence electrons. The van der Waals surface area contributed by atoms with Gasteiger partial charge in [0.05, 0.1) is 18.1 Å². The van der Waals surface area contributed by atoms with Crippen LogP contribution in [-0.4, -0.2) is 43.6 Å². The number of nitrogens with one attached hydrogen (secondary N) is 1. The molecule has 0 aromatic heterocycles. The highest BCUT2D eigenvalue weighted by atomic mass is 35.5. The number of nitrogens with zero attached hydrogens (tertiary/aromatic N) is 1. The maximum atomic E-state index is 13.0. The molecule has 0 radical (unpaired) electrons. The normalized spacial score (nSPS) is 24.2. The van der Waals surface area contributed by atoms with Gasteiger partial charge in [-0.3, -0.25) is 4.79 Å². The summed E-state index contributed by atoms with van der Waals surface area (Å²) in [5, 5.41) is 3.66. The van der Waals surface area contributed by atoms with E-state index in [4.69, 9.17) is 16.3 Å². The van der Waals surface area contributed by atoms with Crippen LogP contribution in [0, 0.1) is 17.7 Å². The van der Waals surface area contributed by atoms with Gasteiger partial charge in [0.15, 0.2) is 0 Å². The molecule has 23 heavy (non-hydrogen) atoms. The molecule has 6 heteroatoms. The monoisotopic (exact) mass is 340 g/mol. The molecule has 2 aliphatic heterocycles. The van der Waals surface area contributed by atoms with Crippen LogP contribution < -0.4 is 10.1 Å². The number of likely N-dealkylation sites (tertiary alicyclic amines) is 1. The minimum atomic E-state index is -0.400. The van der Waals surface area contributed by atoms with Gasteiger partial charge in [0.1, 0.15) is 11.6 Å². The van der Waals surface area contributed by atoms with Gasteiger partial charge < -0.3 is 15.0 Å². The van der Waals surface area contributed by atoms with Crippen LogP contribution in [0.2, 0.25) is 5.02 Å². The van der Waals surface area contributed by atoms with Crippen molar-refractivity contribution >= 4 is 17.5 Å². The van der Waals surface area contributed by atoms with Gasteiger partial charge >= 0.3 is 0 Å². The van der Waals surface area contributed by atoms with Crippen molar-refractivity contribution in [3.63, 3.8) is 0 Å². The summed E-state index contributed by atoms with van der Waals surface area (Å²) in [6.07, 6.45) is 2.48. The minimum Gasteiger partial charge on any atom is -0.491 e. The minimum absolute atomic E-state index is 0.121. The number of halogens is 2. The van der Waals surface area contributed by atoms with Gasteiger partial charge in [-0.25, -0.2) is 4.39 Å². The van der Waals surface area contributed by atoms with Gasteiger partial charge in [-0.1, -0.05) is 11.6 Å². The third-order valence-corrected chi connectivity index (χ3v) is 5.13. The van der Waals surface area contributed by atoms with Gasteiger partial charge in [0.25, 0.3) is 0 Å². The average Bonchev–Trinajstić information content (AvgIpc) is 2.88. The molecule has 4 nitrogen and oxygen atoms in total. The van der Waals surface area contributed by atoms with Crippen molar-refractivity contribution in [3.8, 4) is 5.75 Å². The first kappa shape index (κ1) is 16.5. The lowest BCUT2D eigenvalue weighted by atomic mass is 9.92. The Hall–Kier alpha value is -1.33. The summed E-state index contributed by atoms with van der Waals surface area (Å²) in [6, 6.07) is 3.99. The Morgan fingerprint density at radius 2 is 2.00 bits per heavy atom. The molecule has 2 heterocycles. The molecule has 0 saturated carbocycles. The lowest BCUT2D eigenvalue weighted by molar-refractivity contribution is -0.131. The first-order valence-electron chi connectivity index (χ1n) is 8.20. The molecule has 0 aliphatic carbocycles. The van der Waals surface area contributed by atoms with Crippen molar-refractivity contribution < 1.29 is 13.9 Å². The van der Waals surface area contributed by atoms with Crippen LogP contribution in [0.15, 0.2) is 18.2 Å². The van der Waals surface area contributed by atoms with Gasteiger partial charge in [-0.2, -0.15) is 0 Å². The van der Waals surface area contributed by atoms with Crippen LogP contribution in [0.3, 0.4) is 0 Å². The average molecular weight is 341 g/mol. The maximum Gasteiger partial charge on any atom is 0.225 e. The number of carbonyl (C=O) groups excluding carboxylic acids is 1. The van der Waals surface area contributed by atoms with E-state index in [0.29, 0.717) is 24.0 Å². The second kappa shape index (κ2) is 7.49. The fraction of sp³-hybridized carbons (Fsp3) is 0.588. The molecule has 0 bridgehead atoms. The first-order valence-corrected chi connectivity index (χ1v) is 8.57. The number of benzene rings is 1. The number of hydrogen-bond donors (Lipinski definition) is 1. The Morgan fingerprint density at radius 3 is 2.65 bits per heavy atom. The van der Waals surface area contributed by atoms with E-state index in [2.05, 4.69) is 5.32 Å². The molecule has 2 atom stereocenters. The molecule has 1 aromatic carbocycles. The molecule has 1 amide bonds. The lowest BCUT2D eigenvalue weighted by Crippen LogP contribution is -2.33. The Kier molecular flexibility index (Phi) is 5.38. The van der Waals surface area contributed by atoms with E-state index in [0.717, 1.165) is 39.0 Å². The van der Waals surface area contributed by atoms with Gasteiger partial charge in [0, 0.05) is 13.1 Å². The van der Waals surface area contributed by atoms with Gasteiger partial charge in [0.2, 0.25) is 5.91 Å². The fourth-order valence-electron chi connectivity index (χ4n) is 3.47. The summed E-state index contributed by atoms with van der Waals surface area (Å²) in [6.45, 7) is 4.09. The summed E-state index contributed by atoms with van der Waals surface area (Å²) >= 11 is 5.90. The van der Waals surface area contributed by atoms with Crippen molar-refractivity contribution in [3.05, 3.63) is 29.0 Å². The SMILES string of the molecule is O=C(CCOc1ccc(F)cc1Cl)N1CC[C@@H]2CNC[C@@H]2CC1. The fourth-order valence-corrected chi connectivity index (χ4v) is 3.69. The highest BCUT2D eigenvalue weighted by molar-refractivity contribution is 6.32. The van der Waals surface area contributed by atoms with E-state index in [1.54, 1.807) is 0 Å². The molecule has 2 fully saturated rings. The molecule has 0 unspecified atom stereocenters. The van der Waals surface area contributed by atoms with Crippen LogP contribution in [0.5, 0.6) is 5.75 Å². The summed E-state index contributed by atoms with van der Waals surface area (Å²) in [5.74, 6) is 1.56. The number of hydrogen-bond acceptors (Lipinski definition) is 3. The molecular weight excluding hydrogens is 319 g/mol. The van der Waals surface area contributed by atoms with E-state index in [9.17, 15) is 9.18 Å². The maximum absolute atomic E-state index is 13.0. The zero-order valence-electron chi connectivity index (χ0n) is 13.1. The van der Waals surface area contributed by atoms with Crippen molar-refractivity contribution in [1.82, 2.24) is 10.2 Å². The topological polar surface area (TPSA) is 41.6 Å². The molecule has 3 rings (SSSR count). The second-order valence-corrected chi connectivity index (χ2v) is 6.72. The second-order valence-electron chi connectivity index (χ2n) is 6.31. The summed E-state index contributed by atoms with van der Waals surface area (Å²) in [4.78, 5) is 14.3. The molecule has 1 aromatic rings. The molecule has 0 spiro atoms. The van der Waals surface area contributed by atoms with Crippen molar-refractivity contribution in [2.24, 2.45) is 11.8 Å². The molecular formula is C17H22ClFN2O2. The van der Waals surface area contributed by atoms with Crippen LogP contribution in [0.25, 0.3) is 0 Å². The van der Waals surface area contributed by atoms with Crippen LogP contribution in [0.4, 0.5) is 4.39 Å². The van der Waals surface area contributed by atoms with E-state index in [1.807, 2.05) is 4.90 Å². The predicted octanol–water partition coefficient (Wildman–Crippen LogP) is 2.71. The van der Waals surface area contributed by atoms with E-state index < -0.39 is 5.82 Å². The Labute approximate surface area is 140 Å². The van der Waals surface area contributed by atoms with Crippen LogP contribution in [-0.2, 0) is 4.79 Å². The Morgan fingerprint density at radius 1 is 1.30 bits per heavy atom. The number of fused-ring (bicyclic) bond motifs is 1. The lowest BCUT2D eigenvalue weighted by Gasteiger charge is -2.21. The van der Waals surface area contributed by atoms with Gasteiger partial charge in [-0.15, -0.1) is 0 Å². The van der Waals surface area contributed by atoms with Crippen LogP contribution >= 0.6 is 11.6 Å². The summed E-state index contributed by atoms with van der Waals surface area (Å²) in [5.41, 5.74) is 0. The number of rotatable bonds is 4. The van der Waals surface area contributed by atoms with Crippen LogP contribution in [0.1, 0.15) is 19.3 Å². The first-order chi connectivity index (χ1) is 11.1. The zero-order valence-corrected chi connectivity index (χ0v) is 13.8. The standard InChI is InChI=1S/C17H22ClFN2O2/c18-15-9-14(19)1-2-16(15)23-8-5-17(22)21-6-3-12-10-20-11-13(12)4-7-21/h1-2,9,12-13,20H,3-8,10-11H2/t12-,13+. The van der Waals surface area contributed by atoms with E-state index in [-0.39, 0.29) is 17.5 Å². The summed E-state index contributed by atoms with van der Waals surface area (Å²) in [7, 11) is 0. The Bertz CT molecular complexity index is 556. The third kappa shape index (κ3) is 4.15. The third-order valence-electron chi connectivity index (χ3n) is 4.84. The largest absolute Gasteiger partial charge is 0.491 e. The Balaban J connectivity index is 1.45. The van der Waals surface area contributed by atoms with Crippen molar-refractivity contribution in [2.75, 3.05) is 32.8 Å². The molecule has 2 saturated heterocycles.